The Kier molecular flexibility index (Phi) is 3.93. The second kappa shape index (κ2) is 5.47. The summed E-state index contributed by atoms with van der Waals surface area (Å²) in [5.41, 5.74) is 12.0. The molecule has 0 saturated heterocycles. The molecule has 1 heterocycles. The average molecular weight is 257 g/mol. The predicted molar refractivity (Wildman–Crippen MR) is 81.1 cm³/mol. The van der Waals surface area contributed by atoms with Gasteiger partial charge in [0.05, 0.1) is 0 Å². The first-order valence-electron chi connectivity index (χ1n) is 6.93. The summed E-state index contributed by atoms with van der Waals surface area (Å²) in [6.07, 6.45) is 2.15. The minimum atomic E-state index is 0.599. The molecule has 0 aliphatic rings. The van der Waals surface area contributed by atoms with E-state index in [0.29, 0.717) is 11.7 Å². The van der Waals surface area contributed by atoms with Crippen molar-refractivity contribution in [2.24, 2.45) is 5.92 Å². The van der Waals surface area contributed by atoms with Crippen LogP contribution in [0.15, 0.2) is 18.2 Å². The molecule has 1 aromatic carbocycles. The SMILES string of the molecule is CCC(C)Cc1[nH]nc(N)c1-c1ccc(C)c(C)c1. The van der Waals surface area contributed by atoms with Crippen molar-refractivity contribution in [1.29, 1.82) is 0 Å². The number of hydrogen-bond acceptors (Lipinski definition) is 2. The molecule has 0 aliphatic carbocycles. The minimum Gasteiger partial charge on any atom is -0.382 e. The number of aryl methyl sites for hydroxylation is 2. The molecule has 0 amide bonds. The number of aromatic nitrogens is 2. The lowest BCUT2D eigenvalue weighted by atomic mass is 9.95. The Morgan fingerprint density at radius 2 is 2.00 bits per heavy atom. The molecule has 2 rings (SSSR count). The summed E-state index contributed by atoms with van der Waals surface area (Å²) in [6.45, 7) is 8.71. The van der Waals surface area contributed by atoms with Crippen molar-refractivity contribution in [1.82, 2.24) is 10.2 Å². The van der Waals surface area contributed by atoms with Crippen molar-refractivity contribution < 1.29 is 0 Å². The van der Waals surface area contributed by atoms with Crippen molar-refractivity contribution in [3.05, 3.63) is 35.0 Å². The van der Waals surface area contributed by atoms with Gasteiger partial charge in [-0.3, -0.25) is 5.10 Å². The maximum atomic E-state index is 6.04. The van der Waals surface area contributed by atoms with Gasteiger partial charge in [-0.1, -0.05) is 38.5 Å². The van der Waals surface area contributed by atoms with E-state index < -0.39 is 0 Å². The van der Waals surface area contributed by atoms with E-state index in [-0.39, 0.29) is 0 Å². The molecule has 0 spiro atoms. The molecular weight excluding hydrogens is 234 g/mol. The highest BCUT2D eigenvalue weighted by Gasteiger charge is 2.15. The second-order valence-electron chi connectivity index (χ2n) is 5.48. The molecular formula is C16H23N3. The quantitative estimate of drug-likeness (QED) is 0.873. The number of nitrogens with zero attached hydrogens (tertiary/aromatic N) is 1. The Hall–Kier alpha value is -1.77. The van der Waals surface area contributed by atoms with E-state index in [2.05, 4.69) is 56.1 Å². The van der Waals surface area contributed by atoms with Gasteiger partial charge >= 0.3 is 0 Å². The molecule has 19 heavy (non-hydrogen) atoms. The molecule has 0 aliphatic heterocycles. The Morgan fingerprint density at radius 1 is 1.26 bits per heavy atom. The molecule has 102 valence electrons. The van der Waals surface area contributed by atoms with Crippen LogP contribution in [0.2, 0.25) is 0 Å². The number of aromatic amines is 1. The Morgan fingerprint density at radius 3 is 2.63 bits per heavy atom. The standard InChI is InChI=1S/C16H23N3/c1-5-10(2)8-14-15(16(17)19-18-14)13-7-6-11(3)12(4)9-13/h6-7,9-10H,5,8H2,1-4H3,(H3,17,18,19). The minimum absolute atomic E-state index is 0.599. The van der Waals surface area contributed by atoms with Crippen molar-refractivity contribution in [3.8, 4) is 11.1 Å². The molecule has 3 nitrogen and oxygen atoms in total. The van der Waals surface area contributed by atoms with E-state index in [1.54, 1.807) is 0 Å². The Bertz CT molecular complexity index is 569. The number of hydrogen-bond donors (Lipinski definition) is 2. The highest BCUT2D eigenvalue weighted by Crippen LogP contribution is 2.31. The van der Waals surface area contributed by atoms with Gasteiger partial charge in [-0.05, 0) is 42.9 Å². The molecule has 0 fully saturated rings. The third-order valence-electron chi connectivity index (χ3n) is 3.91. The summed E-state index contributed by atoms with van der Waals surface area (Å²) in [6, 6.07) is 6.46. The van der Waals surface area contributed by atoms with Crippen molar-refractivity contribution in [2.45, 2.75) is 40.5 Å². The third kappa shape index (κ3) is 2.80. The normalized spacial score (nSPS) is 12.6. The van der Waals surface area contributed by atoms with Crippen LogP contribution in [0.25, 0.3) is 11.1 Å². The maximum Gasteiger partial charge on any atom is 0.153 e. The first-order valence-corrected chi connectivity index (χ1v) is 6.93. The zero-order valence-electron chi connectivity index (χ0n) is 12.2. The predicted octanol–water partition coefficient (Wildman–Crippen LogP) is 3.86. The zero-order valence-corrected chi connectivity index (χ0v) is 12.2. The smallest absolute Gasteiger partial charge is 0.153 e. The summed E-state index contributed by atoms with van der Waals surface area (Å²) < 4.78 is 0. The van der Waals surface area contributed by atoms with Crippen LogP contribution >= 0.6 is 0 Å². The molecule has 1 unspecified atom stereocenters. The third-order valence-corrected chi connectivity index (χ3v) is 3.91. The van der Waals surface area contributed by atoms with Gasteiger partial charge in [0.2, 0.25) is 0 Å². The lowest BCUT2D eigenvalue weighted by molar-refractivity contribution is 0.552. The fourth-order valence-electron chi connectivity index (χ4n) is 2.25. The second-order valence-corrected chi connectivity index (χ2v) is 5.48. The monoisotopic (exact) mass is 257 g/mol. The molecule has 1 atom stereocenters. The molecule has 0 saturated carbocycles. The lowest BCUT2D eigenvalue weighted by Crippen LogP contribution is -2.00. The van der Waals surface area contributed by atoms with E-state index in [4.69, 9.17) is 5.73 Å². The Labute approximate surface area is 115 Å². The molecule has 3 N–H and O–H groups in total. The van der Waals surface area contributed by atoms with Gasteiger partial charge < -0.3 is 5.73 Å². The molecule has 2 aromatic rings. The van der Waals surface area contributed by atoms with E-state index in [9.17, 15) is 0 Å². The van der Waals surface area contributed by atoms with E-state index in [1.165, 1.54) is 11.1 Å². The summed E-state index contributed by atoms with van der Waals surface area (Å²) in [4.78, 5) is 0. The highest BCUT2D eigenvalue weighted by atomic mass is 15.2. The van der Waals surface area contributed by atoms with Crippen LogP contribution in [-0.2, 0) is 6.42 Å². The fraction of sp³-hybridized carbons (Fsp3) is 0.438. The van der Waals surface area contributed by atoms with Crippen LogP contribution < -0.4 is 5.73 Å². The van der Waals surface area contributed by atoms with Crippen LogP contribution in [0.1, 0.15) is 37.1 Å². The van der Waals surface area contributed by atoms with Gasteiger partial charge in [0.15, 0.2) is 5.82 Å². The average Bonchev–Trinajstić information content (AvgIpc) is 2.74. The zero-order chi connectivity index (χ0) is 14.0. The van der Waals surface area contributed by atoms with Crippen LogP contribution in [-0.4, -0.2) is 10.2 Å². The van der Waals surface area contributed by atoms with Crippen LogP contribution in [0.4, 0.5) is 5.82 Å². The number of nitrogens with one attached hydrogen (secondary N) is 1. The van der Waals surface area contributed by atoms with Gasteiger partial charge in [-0.25, -0.2) is 0 Å². The summed E-state index contributed by atoms with van der Waals surface area (Å²) in [5.74, 6) is 1.23. The van der Waals surface area contributed by atoms with Gasteiger partial charge in [-0.2, -0.15) is 5.10 Å². The first kappa shape index (κ1) is 13.7. The van der Waals surface area contributed by atoms with E-state index in [0.717, 1.165) is 29.7 Å². The highest BCUT2D eigenvalue weighted by molar-refractivity contribution is 5.76. The van der Waals surface area contributed by atoms with Crippen LogP contribution in [0, 0.1) is 19.8 Å². The van der Waals surface area contributed by atoms with Crippen LogP contribution in [0.5, 0.6) is 0 Å². The van der Waals surface area contributed by atoms with Gasteiger partial charge in [-0.15, -0.1) is 0 Å². The topological polar surface area (TPSA) is 54.7 Å². The maximum absolute atomic E-state index is 6.04. The number of nitrogens with two attached hydrogens (primary N) is 1. The van der Waals surface area contributed by atoms with Crippen LogP contribution in [0.3, 0.4) is 0 Å². The van der Waals surface area contributed by atoms with E-state index in [1.807, 2.05) is 0 Å². The molecule has 1 aromatic heterocycles. The first-order chi connectivity index (χ1) is 9.02. The van der Waals surface area contributed by atoms with E-state index >= 15 is 0 Å². The van der Waals surface area contributed by atoms with Crippen molar-refractivity contribution in [3.63, 3.8) is 0 Å². The van der Waals surface area contributed by atoms with Crippen molar-refractivity contribution >= 4 is 5.82 Å². The summed E-state index contributed by atoms with van der Waals surface area (Å²) in [5, 5.41) is 7.28. The number of H-pyrrole nitrogens is 1. The number of nitrogen functional groups attached to an aromatic ring is 1. The van der Waals surface area contributed by atoms with Gasteiger partial charge in [0.1, 0.15) is 0 Å². The van der Waals surface area contributed by atoms with Gasteiger partial charge in [0, 0.05) is 11.3 Å². The summed E-state index contributed by atoms with van der Waals surface area (Å²) in [7, 11) is 0. The number of anilines is 1. The largest absolute Gasteiger partial charge is 0.382 e. The summed E-state index contributed by atoms with van der Waals surface area (Å²) >= 11 is 0. The number of rotatable bonds is 4. The Balaban J connectivity index is 2.43. The van der Waals surface area contributed by atoms with Crippen molar-refractivity contribution in [2.75, 3.05) is 5.73 Å². The molecule has 0 radical (unpaired) electrons. The molecule has 3 heteroatoms. The molecule has 0 bridgehead atoms. The number of benzene rings is 1. The lowest BCUT2D eigenvalue weighted by Gasteiger charge is -2.10. The fourth-order valence-corrected chi connectivity index (χ4v) is 2.25. The van der Waals surface area contributed by atoms with Gasteiger partial charge in [0.25, 0.3) is 0 Å².